The lowest BCUT2D eigenvalue weighted by Gasteiger charge is -2.26. The summed E-state index contributed by atoms with van der Waals surface area (Å²) in [5.41, 5.74) is 0.826. The highest BCUT2D eigenvalue weighted by Gasteiger charge is 2.31. The number of aromatic amines is 1. The van der Waals surface area contributed by atoms with Crippen LogP contribution in [0.25, 0.3) is 16.9 Å². The second-order valence-corrected chi connectivity index (χ2v) is 10.4. The van der Waals surface area contributed by atoms with Crippen LogP contribution in [0.1, 0.15) is 38.7 Å². The average molecular weight is 505 g/mol. The van der Waals surface area contributed by atoms with Gasteiger partial charge in [-0.05, 0) is 45.4 Å². The Bertz CT molecular complexity index is 1410. The molecule has 0 aliphatic rings. The van der Waals surface area contributed by atoms with Crippen LogP contribution in [0.5, 0.6) is 5.75 Å². The van der Waals surface area contributed by atoms with E-state index >= 15 is 0 Å². The third-order valence-corrected chi connectivity index (χ3v) is 7.67. The third-order valence-electron chi connectivity index (χ3n) is 5.74. The van der Waals surface area contributed by atoms with Crippen molar-refractivity contribution in [1.82, 2.24) is 28.8 Å². The molecule has 0 spiro atoms. The largest absolute Gasteiger partial charge is 0.493 e. The second kappa shape index (κ2) is 10.2. The minimum atomic E-state index is -4.05. The summed E-state index contributed by atoms with van der Waals surface area (Å²) in [6.45, 7) is 7.40. The zero-order valence-corrected chi connectivity index (χ0v) is 21.9. The number of carbonyl (C=O) groups is 1. The first-order valence-electron chi connectivity index (χ1n) is 11.4. The van der Waals surface area contributed by atoms with Crippen LogP contribution < -0.4 is 10.3 Å². The van der Waals surface area contributed by atoms with Crippen LogP contribution in [0.3, 0.4) is 0 Å². The summed E-state index contributed by atoms with van der Waals surface area (Å²) >= 11 is 0. The summed E-state index contributed by atoms with van der Waals surface area (Å²) in [7, 11) is 0.436. The molecule has 2 aromatic heterocycles. The van der Waals surface area contributed by atoms with E-state index in [1.807, 2.05) is 6.92 Å². The van der Waals surface area contributed by atoms with Crippen molar-refractivity contribution in [3.63, 3.8) is 0 Å². The highest BCUT2D eigenvalue weighted by atomic mass is 32.2. The molecule has 0 radical (unpaired) electrons. The number of nitrogens with zero attached hydrogens (tertiary/aromatic N) is 5. The first kappa shape index (κ1) is 26.4. The van der Waals surface area contributed by atoms with Crippen LogP contribution in [0.15, 0.2) is 27.9 Å². The van der Waals surface area contributed by atoms with E-state index in [1.54, 1.807) is 27.9 Å². The predicted molar refractivity (Wildman–Crippen MR) is 132 cm³/mol. The molecule has 1 aromatic carbocycles. The summed E-state index contributed by atoms with van der Waals surface area (Å²) < 4.78 is 35.0. The summed E-state index contributed by atoms with van der Waals surface area (Å²) in [5.74, 6) is 0.808. The molecule has 190 valence electrons. The number of sulfonamides is 1. The fourth-order valence-electron chi connectivity index (χ4n) is 3.78. The number of likely N-dealkylation sites (N-methyl/N-ethyl adjacent to an activating group) is 2. The Morgan fingerprint density at radius 2 is 1.91 bits per heavy atom. The van der Waals surface area contributed by atoms with Gasteiger partial charge < -0.3 is 14.6 Å². The zero-order valence-electron chi connectivity index (χ0n) is 21.1. The Kier molecular flexibility index (Phi) is 7.65. The number of nitrogens with one attached hydrogen (secondary N) is 1. The van der Waals surface area contributed by atoms with Gasteiger partial charge in [-0.1, -0.05) is 6.92 Å². The van der Waals surface area contributed by atoms with E-state index in [4.69, 9.17) is 4.74 Å². The molecule has 1 N–H and O–H groups in total. The average Bonchev–Trinajstić information content (AvgIpc) is 3.13. The van der Waals surface area contributed by atoms with Gasteiger partial charge in [0.25, 0.3) is 5.56 Å². The van der Waals surface area contributed by atoms with Crippen molar-refractivity contribution in [2.75, 3.05) is 27.7 Å². The minimum Gasteiger partial charge on any atom is -0.493 e. The van der Waals surface area contributed by atoms with E-state index < -0.39 is 16.1 Å². The molecule has 0 unspecified atom stereocenters. The Morgan fingerprint density at radius 1 is 1.23 bits per heavy atom. The van der Waals surface area contributed by atoms with Crippen molar-refractivity contribution in [1.29, 1.82) is 0 Å². The number of rotatable bonds is 9. The smallest absolute Gasteiger partial charge is 0.277 e. The fraction of sp³-hybridized carbons (Fsp3) is 0.478. The number of ether oxygens (including phenoxy) is 1. The number of carbonyl (C=O) groups excluding carboxylic acids is 1. The number of benzene rings is 1. The van der Waals surface area contributed by atoms with Crippen LogP contribution in [-0.4, -0.2) is 76.9 Å². The maximum absolute atomic E-state index is 13.4. The molecular formula is C23H32N6O5S. The highest BCUT2D eigenvalue weighted by molar-refractivity contribution is 7.89. The van der Waals surface area contributed by atoms with Gasteiger partial charge in [0.15, 0.2) is 11.3 Å². The van der Waals surface area contributed by atoms with Gasteiger partial charge >= 0.3 is 0 Å². The van der Waals surface area contributed by atoms with Crippen molar-refractivity contribution in [2.45, 2.75) is 51.5 Å². The Hall–Kier alpha value is -3.25. The first-order chi connectivity index (χ1) is 16.4. The molecular weight excluding hydrogens is 472 g/mol. The number of H-pyrrole nitrogens is 1. The molecule has 12 heteroatoms. The second-order valence-electron chi connectivity index (χ2n) is 8.45. The summed E-state index contributed by atoms with van der Waals surface area (Å²) in [6, 6.07) is 3.42. The quantitative estimate of drug-likeness (QED) is 0.471. The topological polar surface area (TPSA) is 130 Å². The molecule has 0 aliphatic heterocycles. The molecule has 2 heterocycles. The normalized spacial score (nSPS) is 12.8. The number of hydrogen-bond donors (Lipinski definition) is 1. The lowest BCUT2D eigenvalue weighted by Crippen LogP contribution is -2.45. The summed E-state index contributed by atoms with van der Waals surface area (Å²) in [6.07, 6.45) is 1.44. The van der Waals surface area contributed by atoms with Crippen LogP contribution in [0, 0.1) is 6.92 Å². The number of fused-ring (bicyclic) bond motifs is 1. The standard InChI is InChI=1S/C23H32N6O5S/c1-8-10-19-24-14(3)20-22(30)25-21(26-29(19)20)17-13-16(11-12-18(17)34-9-2)35(32,33)28(7)15(4)23(31)27(5)6/h11-13,15H,8-10H2,1-7H3,(H,25,26,30)/t15-/m0/s1. The summed E-state index contributed by atoms with van der Waals surface area (Å²) in [5, 5.41) is 4.59. The molecule has 0 aliphatic carbocycles. The van der Waals surface area contributed by atoms with Gasteiger partial charge in [-0.2, -0.15) is 4.31 Å². The van der Waals surface area contributed by atoms with E-state index in [0.29, 0.717) is 41.4 Å². The van der Waals surface area contributed by atoms with Gasteiger partial charge in [0.2, 0.25) is 15.9 Å². The van der Waals surface area contributed by atoms with Gasteiger partial charge in [-0.25, -0.2) is 17.9 Å². The van der Waals surface area contributed by atoms with E-state index in [1.165, 1.54) is 41.6 Å². The molecule has 0 bridgehead atoms. The molecule has 0 saturated heterocycles. The fourth-order valence-corrected chi connectivity index (χ4v) is 5.13. The number of imidazole rings is 1. The van der Waals surface area contributed by atoms with Crippen molar-refractivity contribution >= 4 is 21.4 Å². The van der Waals surface area contributed by atoms with Crippen molar-refractivity contribution < 1.29 is 17.9 Å². The van der Waals surface area contributed by atoms with Gasteiger partial charge in [-0.3, -0.25) is 9.59 Å². The maximum atomic E-state index is 13.4. The highest BCUT2D eigenvalue weighted by Crippen LogP contribution is 2.31. The van der Waals surface area contributed by atoms with E-state index in [-0.39, 0.29) is 22.2 Å². The molecule has 3 aromatic rings. The lowest BCUT2D eigenvalue weighted by molar-refractivity contribution is -0.131. The molecule has 0 fully saturated rings. The Balaban J connectivity index is 2.19. The number of hydrogen-bond acceptors (Lipinski definition) is 7. The maximum Gasteiger partial charge on any atom is 0.277 e. The lowest BCUT2D eigenvalue weighted by atomic mass is 10.2. The number of amides is 1. The number of aryl methyl sites for hydroxylation is 2. The van der Waals surface area contributed by atoms with Crippen LogP contribution in [-0.2, 0) is 21.2 Å². The van der Waals surface area contributed by atoms with Crippen LogP contribution >= 0.6 is 0 Å². The molecule has 1 amide bonds. The van der Waals surface area contributed by atoms with Crippen molar-refractivity contribution in [3.05, 3.63) is 40.1 Å². The van der Waals surface area contributed by atoms with E-state index in [0.717, 1.165) is 10.7 Å². The van der Waals surface area contributed by atoms with E-state index in [9.17, 15) is 18.0 Å². The van der Waals surface area contributed by atoms with Crippen molar-refractivity contribution in [2.24, 2.45) is 0 Å². The molecule has 35 heavy (non-hydrogen) atoms. The van der Waals surface area contributed by atoms with E-state index in [2.05, 4.69) is 15.1 Å². The van der Waals surface area contributed by atoms with Crippen LogP contribution in [0.4, 0.5) is 0 Å². The molecule has 3 rings (SSSR count). The first-order valence-corrected chi connectivity index (χ1v) is 12.8. The Labute approximate surface area is 204 Å². The SMILES string of the molecule is CCCc1nc(C)c2c(=O)[nH]c(-c3cc(S(=O)(=O)N(C)[C@@H](C)C(=O)N(C)C)ccc3OCC)nn12. The molecule has 0 saturated carbocycles. The predicted octanol–water partition coefficient (Wildman–Crippen LogP) is 1.84. The van der Waals surface area contributed by atoms with Gasteiger partial charge in [-0.15, -0.1) is 5.10 Å². The van der Waals surface area contributed by atoms with Crippen LogP contribution in [0.2, 0.25) is 0 Å². The minimum absolute atomic E-state index is 0.0600. The Morgan fingerprint density at radius 3 is 2.51 bits per heavy atom. The van der Waals surface area contributed by atoms with Gasteiger partial charge in [0, 0.05) is 27.6 Å². The summed E-state index contributed by atoms with van der Waals surface area (Å²) in [4.78, 5) is 33.8. The molecule has 1 atom stereocenters. The van der Waals surface area contributed by atoms with Gasteiger partial charge in [0.05, 0.1) is 22.8 Å². The monoisotopic (exact) mass is 504 g/mol. The third kappa shape index (κ3) is 4.94. The van der Waals surface area contributed by atoms with Gasteiger partial charge in [0.1, 0.15) is 17.6 Å². The zero-order chi connectivity index (χ0) is 26.1. The van der Waals surface area contributed by atoms with Crippen molar-refractivity contribution in [3.8, 4) is 17.1 Å². The number of aromatic nitrogens is 4. The molecule has 11 nitrogen and oxygen atoms in total.